The summed E-state index contributed by atoms with van der Waals surface area (Å²) in [5, 5.41) is 16.1. The first-order chi connectivity index (χ1) is 5.95. The SMILES string of the molecule is CCO/N=C/C(O)CNC(C)(C)C. The zero-order chi connectivity index (χ0) is 10.3. The number of hydrogen-bond donors (Lipinski definition) is 2. The average Bonchev–Trinajstić information content (AvgIpc) is 2.00. The number of rotatable bonds is 5. The van der Waals surface area contributed by atoms with Crippen LogP contribution in [0.2, 0.25) is 0 Å². The molecule has 0 saturated carbocycles. The first-order valence-corrected chi connectivity index (χ1v) is 4.54. The fourth-order valence-corrected chi connectivity index (χ4v) is 0.651. The van der Waals surface area contributed by atoms with Crippen molar-refractivity contribution in [3.05, 3.63) is 0 Å². The van der Waals surface area contributed by atoms with Crippen LogP contribution in [0.25, 0.3) is 0 Å². The third kappa shape index (κ3) is 9.30. The van der Waals surface area contributed by atoms with Crippen molar-refractivity contribution in [3.8, 4) is 0 Å². The Bertz CT molecular complexity index is 152. The van der Waals surface area contributed by atoms with E-state index >= 15 is 0 Å². The Labute approximate surface area is 80.0 Å². The molecule has 0 saturated heterocycles. The first kappa shape index (κ1) is 12.4. The van der Waals surface area contributed by atoms with E-state index in [0.717, 1.165) is 0 Å². The maximum Gasteiger partial charge on any atom is 0.114 e. The molecular formula is C9H20N2O2. The molecule has 0 bridgehead atoms. The van der Waals surface area contributed by atoms with Gasteiger partial charge in [-0.3, -0.25) is 0 Å². The number of hydrogen-bond acceptors (Lipinski definition) is 4. The molecule has 1 atom stereocenters. The highest BCUT2D eigenvalue weighted by Gasteiger charge is 2.10. The predicted octanol–water partition coefficient (Wildman–Crippen LogP) is 0.758. The summed E-state index contributed by atoms with van der Waals surface area (Å²) in [6.45, 7) is 8.98. The van der Waals surface area contributed by atoms with Crippen LogP contribution in [0.1, 0.15) is 27.7 Å². The fourth-order valence-electron chi connectivity index (χ4n) is 0.651. The van der Waals surface area contributed by atoms with Crippen molar-refractivity contribution >= 4 is 6.21 Å². The highest BCUT2D eigenvalue weighted by atomic mass is 16.6. The Morgan fingerprint density at radius 1 is 1.54 bits per heavy atom. The molecule has 0 heterocycles. The van der Waals surface area contributed by atoms with Gasteiger partial charge in [0.1, 0.15) is 12.7 Å². The summed E-state index contributed by atoms with van der Waals surface area (Å²) in [5.74, 6) is 0. The summed E-state index contributed by atoms with van der Waals surface area (Å²) >= 11 is 0. The molecule has 0 fully saturated rings. The lowest BCUT2D eigenvalue weighted by Gasteiger charge is -2.21. The molecule has 0 amide bonds. The zero-order valence-electron chi connectivity index (χ0n) is 8.87. The second-order valence-corrected chi connectivity index (χ2v) is 3.87. The Kier molecular flexibility index (Phi) is 5.66. The van der Waals surface area contributed by atoms with Crippen LogP contribution in [0.4, 0.5) is 0 Å². The minimum absolute atomic E-state index is 0.0143. The van der Waals surface area contributed by atoms with E-state index in [1.165, 1.54) is 6.21 Å². The van der Waals surface area contributed by atoms with Gasteiger partial charge in [0.15, 0.2) is 0 Å². The Hall–Kier alpha value is -0.610. The zero-order valence-corrected chi connectivity index (χ0v) is 8.87. The van der Waals surface area contributed by atoms with Crippen LogP contribution < -0.4 is 5.32 Å². The van der Waals surface area contributed by atoms with Gasteiger partial charge in [0.2, 0.25) is 0 Å². The number of nitrogens with one attached hydrogen (secondary N) is 1. The van der Waals surface area contributed by atoms with Gasteiger partial charge in [-0.2, -0.15) is 0 Å². The van der Waals surface area contributed by atoms with Gasteiger partial charge in [-0.25, -0.2) is 0 Å². The molecule has 0 aromatic carbocycles. The highest BCUT2D eigenvalue weighted by molar-refractivity contribution is 5.62. The summed E-state index contributed by atoms with van der Waals surface area (Å²) in [7, 11) is 0. The van der Waals surface area contributed by atoms with Crippen LogP contribution in [-0.2, 0) is 4.84 Å². The molecule has 4 nitrogen and oxygen atoms in total. The van der Waals surface area contributed by atoms with Gasteiger partial charge in [0, 0.05) is 12.1 Å². The van der Waals surface area contributed by atoms with E-state index < -0.39 is 6.10 Å². The summed E-state index contributed by atoms with van der Waals surface area (Å²) < 4.78 is 0. The van der Waals surface area contributed by atoms with E-state index in [2.05, 4.69) is 10.5 Å². The van der Waals surface area contributed by atoms with Gasteiger partial charge < -0.3 is 15.3 Å². The van der Waals surface area contributed by atoms with Crippen LogP contribution in [0.15, 0.2) is 5.16 Å². The van der Waals surface area contributed by atoms with Gasteiger partial charge in [-0.15, -0.1) is 0 Å². The normalized spacial score (nSPS) is 14.8. The molecule has 0 aromatic rings. The van der Waals surface area contributed by atoms with Crippen molar-refractivity contribution in [2.45, 2.75) is 39.3 Å². The summed E-state index contributed by atoms with van der Waals surface area (Å²) in [4.78, 5) is 4.72. The summed E-state index contributed by atoms with van der Waals surface area (Å²) in [5.41, 5.74) is 0.0143. The van der Waals surface area contributed by atoms with Crippen molar-refractivity contribution in [1.29, 1.82) is 0 Å². The molecule has 0 aliphatic carbocycles. The minimum Gasteiger partial charge on any atom is -0.396 e. The molecule has 0 aliphatic rings. The van der Waals surface area contributed by atoms with Crippen molar-refractivity contribution in [1.82, 2.24) is 5.32 Å². The second-order valence-electron chi connectivity index (χ2n) is 3.87. The molecule has 0 aliphatic heterocycles. The molecule has 0 aromatic heterocycles. The van der Waals surface area contributed by atoms with Gasteiger partial charge in [-0.05, 0) is 27.7 Å². The van der Waals surface area contributed by atoms with Crippen LogP contribution >= 0.6 is 0 Å². The second kappa shape index (κ2) is 5.94. The smallest absolute Gasteiger partial charge is 0.114 e. The summed E-state index contributed by atoms with van der Waals surface area (Å²) in [6.07, 6.45) is 0.799. The molecule has 0 radical (unpaired) electrons. The van der Waals surface area contributed by atoms with Gasteiger partial charge in [-0.1, -0.05) is 5.16 Å². The highest BCUT2D eigenvalue weighted by Crippen LogP contribution is 1.97. The van der Waals surface area contributed by atoms with Crippen LogP contribution in [0.3, 0.4) is 0 Å². The number of aliphatic hydroxyl groups is 1. The fraction of sp³-hybridized carbons (Fsp3) is 0.889. The molecule has 2 N–H and O–H groups in total. The number of oxime groups is 1. The summed E-state index contributed by atoms with van der Waals surface area (Å²) in [6, 6.07) is 0. The number of aliphatic hydroxyl groups excluding tert-OH is 1. The minimum atomic E-state index is -0.592. The molecular weight excluding hydrogens is 168 g/mol. The quantitative estimate of drug-likeness (QED) is 0.494. The molecule has 13 heavy (non-hydrogen) atoms. The van der Waals surface area contributed by atoms with E-state index in [1.54, 1.807) is 0 Å². The van der Waals surface area contributed by atoms with Gasteiger partial charge in [0.05, 0.1) is 6.21 Å². The molecule has 78 valence electrons. The maximum atomic E-state index is 9.35. The van der Waals surface area contributed by atoms with Crippen LogP contribution in [0, 0.1) is 0 Å². The third-order valence-electron chi connectivity index (χ3n) is 1.28. The van der Waals surface area contributed by atoms with Crippen molar-refractivity contribution < 1.29 is 9.94 Å². The van der Waals surface area contributed by atoms with Crippen molar-refractivity contribution in [2.24, 2.45) is 5.16 Å². The van der Waals surface area contributed by atoms with Crippen molar-refractivity contribution in [2.75, 3.05) is 13.2 Å². The molecule has 1 unspecified atom stereocenters. The monoisotopic (exact) mass is 188 g/mol. The van der Waals surface area contributed by atoms with Gasteiger partial charge in [0.25, 0.3) is 0 Å². The lowest BCUT2D eigenvalue weighted by molar-refractivity contribution is 0.152. The van der Waals surface area contributed by atoms with E-state index in [9.17, 15) is 5.11 Å². The van der Waals surface area contributed by atoms with Gasteiger partial charge >= 0.3 is 0 Å². The number of β-amino-alcohol motifs (C(OH)–C–C–N with tert-alkyl or cyclic N) is 1. The molecule has 0 rings (SSSR count). The molecule has 0 spiro atoms. The largest absolute Gasteiger partial charge is 0.396 e. The Morgan fingerprint density at radius 3 is 2.62 bits per heavy atom. The average molecular weight is 188 g/mol. The van der Waals surface area contributed by atoms with Crippen LogP contribution in [0.5, 0.6) is 0 Å². The molecule has 4 heteroatoms. The first-order valence-electron chi connectivity index (χ1n) is 4.54. The topological polar surface area (TPSA) is 53.9 Å². The maximum absolute atomic E-state index is 9.35. The van der Waals surface area contributed by atoms with Crippen LogP contribution in [-0.4, -0.2) is 36.1 Å². The van der Waals surface area contributed by atoms with E-state index in [0.29, 0.717) is 13.2 Å². The lowest BCUT2D eigenvalue weighted by atomic mass is 10.1. The van der Waals surface area contributed by atoms with Crippen molar-refractivity contribution in [3.63, 3.8) is 0 Å². The van der Waals surface area contributed by atoms with E-state index in [-0.39, 0.29) is 5.54 Å². The third-order valence-corrected chi connectivity index (χ3v) is 1.28. The Balaban J connectivity index is 3.57. The lowest BCUT2D eigenvalue weighted by Crippen LogP contribution is -2.41. The standard InChI is InChI=1S/C9H20N2O2/c1-5-13-11-7-8(12)6-10-9(2,3)4/h7-8,10,12H,5-6H2,1-4H3/b11-7+. The number of nitrogens with zero attached hydrogens (tertiary/aromatic N) is 1. The van der Waals surface area contributed by atoms with E-state index in [4.69, 9.17) is 4.84 Å². The van der Waals surface area contributed by atoms with E-state index in [1.807, 2.05) is 27.7 Å². The predicted molar refractivity (Wildman–Crippen MR) is 53.9 cm³/mol. The Morgan fingerprint density at radius 2 is 2.15 bits per heavy atom.